The molecule has 2 heterocycles. The maximum atomic E-state index is 12.8. The average Bonchev–Trinajstić information content (AvgIpc) is 2.60. The Kier molecular flexibility index (Phi) is 3.83. The van der Waals surface area contributed by atoms with Crippen molar-refractivity contribution < 1.29 is 4.79 Å². The molecule has 0 fully saturated rings. The molecule has 1 atom stereocenters. The lowest BCUT2D eigenvalue weighted by Crippen LogP contribution is -2.30. The Bertz CT molecular complexity index is 796. The van der Waals surface area contributed by atoms with E-state index in [9.17, 15) is 4.79 Å². The van der Waals surface area contributed by atoms with Crippen molar-refractivity contribution in [1.82, 2.24) is 14.9 Å². The number of amides is 1. The van der Waals surface area contributed by atoms with Gasteiger partial charge in [0.05, 0.1) is 6.04 Å². The Hall–Kier alpha value is -2.75. The van der Waals surface area contributed by atoms with Crippen LogP contribution < -0.4 is 0 Å². The molecule has 0 aliphatic heterocycles. The van der Waals surface area contributed by atoms with Gasteiger partial charge in [0.1, 0.15) is 5.69 Å². The summed E-state index contributed by atoms with van der Waals surface area (Å²) in [4.78, 5) is 22.8. The fraction of sp³-hybridized carbons (Fsp3) is 0.167. The Balaban J connectivity index is 1.96. The van der Waals surface area contributed by atoms with Crippen LogP contribution in [0.2, 0.25) is 0 Å². The molecule has 0 radical (unpaired) electrons. The van der Waals surface area contributed by atoms with Crippen LogP contribution >= 0.6 is 0 Å². The summed E-state index contributed by atoms with van der Waals surface area (Å²) in [5.41, 5.74) is 1.53. The van der Waals surface area contributed by atoms with Crippen LogP contribution in [0.15, 0.2) is 61.1 Å². The zero-order valence-corrected chi connectivity index (χ0v) is 12.6. The Morgan fingerprint density at radius 3 is 2.55 bits per heavy atom. The number of hydrogen-bond donors (Lipinski definition) is 0. The van der Waals surface area contributed by atoms with Gasteiger partial charge in [-0.1, -0.05) is 24.3 Å². The van der Waals surface area contributed by atoms with Crippen LogP contribution in [-0.4, -0.2) is 27.8 Å². The van der Waals surface area contributed by atoms with Gasteiger partial charge in [-0.25, -0.2) is 0 Å². The minimum atomic E-state index is -0.0823. The van der Waals surface area contributed by atoms with Crippen molar-refractivity contribution in [1.29, 1.82) is 0 Å². The van der Waals surface area contributed by atoms with Gasteiger partial charge >= 0.3 is 0 Å². The van der Waals surface area contributed by atoms with Crippen LogP contribution in [-0.2, 0) is 0 Å². The number of benzene rings is 1. The summed E-state index contributed by atoms with van der Waals surface area (Å²) < 4.78 is 0. The summed E-state index contributed by atoms with van der Waals surface area (Å²) in [6, 6.07) is 13.5. The summed E-state index contributed by atoms with van der Waals surface area (Å²) in [6.45, 7) is 2.00. The monoisotopic (exact) mass is 291 g/mol. The van der Waals surface area contributed by atoms with Gasteiger partial charge in [-0.2, -0.15) is 0 Å². The fourth-order valence-electron chi connectivity index (χ4n) is 2.50. The van der Waals surface area contributed by atoms with Gasteiger partial charge < -0.3 is 4.90 Å². The summed E-state index contributed by atoms with van der Waals surface area (Å²) in [5, 5.41) is 1.90. The quantitative estimate of drug-likeness (QED) is 0.742. The van der Waals surface area contributed by atoms with Gasteiger partial charge in [-0.05, 0) is 36.1 Å². The first kappa shape index (κ1) is 14.2. The lowest BCUT2D eigenvalue weighted by atomic mass is 10.1. The topological polar surface area (TPSA) is 46.1 Å². The molecule has 0 spiro atoms. The van der Waals surface area contributed by atoms with E-state index in [4.69, 9.17) is 0 Å². The number of fused-ring (bicyclic) bond motifs is 1. The van der Waals surface area contributed by atoms with Crippen LogP contribution in [0.1, 0.15) is 29.0 Å². The third-order valence-corrected chi connectivity index (χ3v) is 3.97. The molecular weight excluding hydrogens is 274 g/mol. The highest BCUT2D eigenvalue weighted by atomic mass is 16.2. The minimum absolute atomic E-state index is 0.0451. The van der Waals surface area contributed by atoms with Crippen molar-refractivity contribution in [3.8, 4) is 0 Å². The largest absolute Gasteiger partial charge is 0.334 e. The van der Waals surface area contributed by atoms with E-state index in [-0.39, 0.29) is 11.9 Å². The second kappa shape index (κ2) is 5.93. The molecule has 0 aliphatic rings. The van der Waals surface area contributed by atoms with E-state index in [1.807, 2.05) is 49.4 Å². The Morgan fingerprint density at radius 2 is 1.77 bits per heavy atom. The molecule has 1 aromatic carbocycles. The van der Waals surface area contributed by atoms with Crippen molar-refractivity contribution in [2.75, 3.05) is 7.05 Å². The third-order valence-electron chi connectivity index (χ3n) is 3.97. The second-order valence-electron chi connectivity index (χ2n) is 5.25. The van der Waals surface area contributed by atoms with E-state index in [1.54, 1.807) is 30.5 Å². The maximum Gasteiger partial charge on any atom is 0.273 e. The highest BCUT2D eigenvalue weighted by molar-refractivity contribution is 6.05. The van der Waals surface area contributed by atoms with Crippen molar-refractivity contribution in [2.45, 2.75) is 13.0 Å². The molecule has 4 heteroatoms. The van der Waals surface area contributed by atoms with Gasteiger partial charge in [0.15, 0.2) is 0 Å². The Morgan fingerprint density at radius 1 is 1.05 bits per heavy atom. The van der Waals surface area contributed by atoms with Gasteiger partial charge in [-0.3, -0.25) is 14.8 Å². The number of nitrogens with zero attached hydrogens (tertiary/aromatic N) is 3. The first-order chi connectivity index (χ1) is 10.7. The smallest absolute Gasteiger partial charge is 0.273 e. The summed E-state index contributed by atoms with van der Waals surface area (Å²) >= 11 is 0. The zero-order valence-electron chi connectivity index (χ0n) is 12.6. The number of aromatic nitrogens is 2. The molecule has 0 saturated heterocycles. The van der Waals surface area contributed by atoms with Crippen molar-refractivity contribution in [3.05, 3.63) is 72.3 Å². The van der Waals surface area contributed by atoms with Crippen LogP contribution in [0, 0.1) is 0 Å². The van der Waals surface area contributed by atoms with E-state index in [1.165, 1.54) is 0 Å². The summed E-state index contributed by atoms with van der Waals surface area (Å²) in [6.07, 6.45) is 5.15. The van der Waals surface area contributed by atoms with Crippen LogP contribution in [0.25, 0.3) is 10.8 Å². The predicted molar refractivity (Wildman–Crippen MR) is 86.5 cm³/mol. The molecule has 0 saturated carbocycles. The SMILES string of the molecule is C[C@@H](c1ccncc1)N(C)C(=O)c1nccc2ccccc12. The third kappa shape index (κ3) is 2.55. The molecule has 3 aromatic rings. The second-order valence-corrected chi connectivity index (χ2v) is 5.25. The van der Waals surface area contributed by atoms with Gasteiger partial charge in [0.25, 0.3) is 5.91 Å². The summed E-state index contributed by atoms with van der Waals surface area (Å²) in [5.74, 6) is -0.0823. The minimum Gasteiger partial charge on any atom is -0.334 e. The fourth-order valence-corrected chi connectivity index (χ4v) is 2.50. The van der Waals surface area contributed by atoms with Crippen molar-refractivity contribution in [2.24, 2.45) is 0 Å². The lowest BCUT2D eigenvalue weighted by molar-refractivity contribution is 0.0739. The maximum absolute atomic E-state index is 12.8. The molecule has 2 aromatic heterocycles. The van der Waals surface area contributed by atoms with E-state index < -0.39 is 0 Å². The highest BCUT2D eigenvalue weighted by Crippen LogP contribution is 2.23. The number of pyridine rings is 2. The molecule has 3 rings (SSSR count). The van der Waals surface area contributed by atoms with Gasteiger partial charge in [-0.15, -0.1) is 0 Å². The molecule has 0 bridgehead atoms. The van der Waals surface area contributed by atoms with E-state index >= 15 is 0 Å². The highest BCUT2D eigenvalue weighted by Gasteiger charge is 2.21. The zero-order chi connectivity index (χ0) is 15.5. The Labute approximate surface area is 129 Å². The van der Waals surface area contributed by atoms with Crippen LogP contribution in [0.4, 0.5) is 0 Å². The standard InChI is InChI=1S/C18H17N3O/c1-13(14-7-10-19-11-8-14)21(2)18(22)17-16-6-4-3-5-15(16)9-12-20-17/h3-13H,1-2H3/t13-/m0/s1. The molecule has 4 nitrogen and oxygen atoms in total. The van der Waals surface area contributed by atoms with Crippen molar-refractivity contribution in [3.63, 3.8) is 0 Å². The molecule has 110 valence electrons. The number of carbonyl (C=O) groups excluding carboxylic acids is 1. The number of carbonyl (C=O) groups is 1. The summed E-state index contributed by atoms with van der Waals surface area (Å²) in [7, 11) is 1.80. The number of hydrogen-bond acceptors (Lipinski definition) is 3. The van der Waals surface area contributed by atoms with Crippen LogP contribution in [0.5, 0.6) is 0 Å². The lowest BCUT2D eigenvalue weighted by Gasteiger charge is -2.25. The molecule has 0 N–H and O–H groups in total. The first-order valence-electron chi connectivity index (χ1n) is 7.19. The van der Waals surface area contributed by atoms with Crippen LogP contribution in [0.3, 0.4) is 0 Å². The van der Waals surface area contributed by atoms with E-state index in [2.05, 4.69) is 9.97 Å². The van der Waals surface area contributed by atoms with Gasteiger partial charge in [0.2, 0.25) is 0 Å². The number of rotatable bonds is 3. The first-order valence-corrected chi connectivity index (χ1v) is 7.19. The molecule has 22 heavy (non-hydrogen) atoms. The molecule has 0 unspecified atom stereocenters. The average molecular weight is 291 g/mol. The van der Waals surface area contributed by atoms with Crippen molar-refractivity contribution >= 4 is 16.7 Å². The normalized spacial score (nSPS) is 12.1. The van der Waals surface area contributed by atoms with E-state index in [0.29, 0.717) is 5.69 Å². The predicted octanol–water partition coefficient (Wildman–Crippen LogP) is 3.46. The van der Waals surface area contributed by atoms with Gasteiger partial charge in [0, 0.05) is 31.0 Å². The molecule has 0 aliphatic carbocycles. The molecule has 1 amide bonds. The van der Waals surface area contributed by atoms with E-state index in [0.717, 1.165) is 16.3 Å². The molecular formula is C18H17N3O.